The van der Waals surface area contributed by atoms with Crippen LogP contribution in [0.3, 0.4) is 0 Å². The van der Waals surface area contributed by atoms with Crippen molar-refractivity contribution in [1.82, 2.24) is 0 Å². The Morgan fingerprint density at radius 1 is 1.50 bits per heavy atom. The maximum atomic E-state index is 6.89. The third-order valence-corrected chi connectivity index (χ3v) is 2.50. The zero-order chi connectivity index (χ0) is 8.97. The Kier molecular flexibility index (Phi) is 3.19. The van der Waals surface area contributed by atoms with Crippen molar-refractivity contribution in [3.63, 3.8) is 0 Å². The predicted molar refractivity (Wildman–Crippen MR) is 53.2 cm³/mol. The Morgan fingerprint density at radius 3 is 2.83 bits per heavy atom. The summed E-state index contributed by atoms with van der Waals surface area (Å²) >= 11 is 1.71. The van der Waals surface area contributed by atoms with Crippen molar-refractivity contribution >= 4 is 11.8 Å². The highest BCUT2D eigenvalue weighted by atomic mass is 32.2. The zero-order valence-corrected chi connectivity index (χ0v) is 8.06. The molecule has 0 saturated heterocycles. The Hall–Kier alpha value is -0.940. The average molecular weight is 177 g/mol. The normalized spacial score (nSPS) is 12.1. The highest BCUT2D eigenvalue weighted by Crippen LogP contribution is 2.22. The van der Waals surface area contributed by atoms with Crippen LogP contribution in [-0.2, 0) is 0 Å². The molecule has 1 aromatic rings. The van der Waals surface area contributed by atoms with E-state index in [9.17, 15) is 0 Å². The van der Waals surface area contributed by atoms with Gasteiger partial charge >= 0.3 is 0 Å². The summed E-state index contributed by atoms with van der Waals surface area (Å²) in [7, 11) is 0. The van der Waals surface area contributed by atoms with Crippen LogP contribution in [0, 0.1) is 6.57 Å². The van der Waals surface area contributed by atoms with Crippen molar-refractivity contribution in [2.45, 2.75) is 17.9 Å². The van der Waals surface area contributed by atoms with Crippen LogP contribution in [0.1, 0.15) is 18.5 Å². The fourth-order valence-corrected chi connectivity index (χ4v) is 1.44. The Labute approximate surface area is 77.6 Å². The van der Waals surface area contributed by atoms with Gasteiger partial charge < -0.3 is 4.85 Å². The van der Waals surface area contributed by atoms with E-state index in [1.54, 1.807) is 11.8 Å². The Bertz CT molecular complexity index is 301. The molecule has 0 heterocycles. The highest BCUT2D eigenvalue weighted by molar-refractivity contribution is 7.98. The van der Waals surface area contributed by atoms with Crippen molar-refractivity contribution in [2.24, 2.45) is 0 Å². The smallest absolute Gasteiger partial charge is 0.246 e. The van der Waals surface area contributed by atoms with Gasteiger partial charge in [0.15, 0.2) is 0 Å². The van der Waals surface area contributed by atoms with Crippen molar-refractivity contribution in [3.05, 3.63) is 41.2 Å². The van der Waals surface area contributed by atoms with Gasteiger partial charge in [-0.05, 0) is 18.4 Å². The molecule has 2 heteroatoms. The summed E-state index contributed by atoms with van der Waals surface area (Å²) in [6.45, 7) is 8.81. The molecule has 0 aliphatic rings. The van der Waals surface area contributed by atoms with Crippen LogP contribution in [0.4, 0.5) is 0 Å². The molecule has 1 rings (SSSR count). The van der Waals surface area contributed by atoms with Gasteiger partial charge in [0, 0.05) is 17.4 Å². The van der Waals surface area contributed by atoms with E-state index in [0.29, 0.717) is 0 Å². The minimum absolute atomic E-state index is 0.0166. The summed E-state index contributed by atoms with van der Waals surface area (Å²) < 4.78 is 0. The van der Waals surface area contributed by atoms with Gasteiger partial charge in [-0.15, -0.1) is 11.8 Å². The first-order chi connectivity index (χ1) is 5.77. The molecule has 0 fully saturated rings. The van der Waals surface area contributed by atoms with Crippen molar-refractivity contribution in [1.29, 1.82) is 0 Å². The van der Waals surface area contributed by atoms with Crippen LogP contribution in [0.25, 0.3) is 4.85 Å². The molecule has 1 nitrogen and oxygen atoms in total. The van der Waals surface area contributed by atoms with Crippen molar-refractivity contribution in [2.75, 3.05) is 6.26 Å². The molecular weight excluding hydrogens is 166 g/mol. The number of hydrogen-bond acceptors (Lipinski definition) is 1. The van der Waals surface area contributed by atoms with Gasteiger partial charge in [-0.25, -0.2) is 6.57 Å². The van der Waals surface area contributed by atoms with Gasteiger partial charge in [-0.2, -0.15) is 0 Å². The van der Waals surface area contributed by atoms with E-state index in [2.05, 4.69) is 17.0 Å². The average Bonchev–Trinajstić information content (AvgIpc) is 2.17. The van der Waals surface area contributed by atoms with Crippen LogP contribution >= 0.6 is 11.8 Å². The summed E-state index contributed by atoms with van der Waals surface area (Å²) in [5, 5.41) is 0. The third-order valence-electron chi connectivity index (χ3n) is 1.77. The van der Waals surface area contributed by atoms with Gasteiger partial charge in [-0.1, -0.05) is 12.1 Å². The molecule has 1 aromatic carbocycles. The van der Waals surface area contributed by atoms with E-state index in [0.717, 1.165) is 5.56 Å². The molecule has 1 atom stereocenters. The lowest BCUT2D eigenvalue weighted by Crippen LogP contribution is -1.86. The van der Waals surface area contributed by atoms with Gasteiger partial charge in [-0.3, -0.25) is 0 Å². The highest BCUT2D eigenvalue weighted by Gasteiger charge is 2.07. The molecule has 0 N–H and O–H groups in total. The summed E-state index contributed by atoms with van der Waals surface area (Å²) in [5.74, 6) is 0. The number of benzene rings is 1. The van der Waals surface area contributed by atoms with Crippen LogP contribution in [0.2, 0.25) is 0 Å². The minimum Gasteiger partial charge on any atom is -0.309 e. The molecule has 0 aromatic heterocycles. The third kappa shape index (κ3) is 2.02. The largest absolute Gasteiger partial charge is 0.309 e. The molecule has 0 aliphatic heterocycles. The first kappa shape index (κ1) is 9.15. The van der Waals surface area contributed by atoms with Crippen LogP contribution in [-0.4, -0.2) is 6.26 Å². The monoisotopic (exact) mass is 177 g/mol. The lowest BCUT2D eigenvalue weighted by atomic mass is 10.1. The predicted octanol–water partition coefficient (Wildman–Crippen LogP) is 3.39. The zero-order valence-electron chi connectivity index (χ0n) is 7.24. The fourth-order valence-electron chi connectivity index (χ4n) is 0.976. The second kappa shape index (κ2) is 4.18. The second-order valence-corrected chi connectivity index (χ2v) is 3.46. The summed E-state index contributed by atoms with van der Waals surface area (Å²) in [4.78, 5) is 4.70. The van der Waals surface area contributed by atoms with E-state index in [-0.39, 0.29) is 6.04 Å². The SMILES string of the molecule is [C-]#[N+]C(C)c1cccc(SC)c1. The number of rotatable bonds is 2. The van der Waals surface area contributed by atoms with Crippen molar-refractivity contribution in [3.8, 4) is 0 Å². The first-order valence-corrected chi connectivity index (χ1v) is 5.01. The van der Waals surface area contributed by atoms with Gasteiger partial charge in [0.2, 0.25) is 6.04 Å². The summed E-state index contributed by atoms with van der Waals surface area (Å²) in [5.41, 5.74) is 1.11. The van der Waals surface area contributed by atoms with Gasteiger partial charge in [0.25, 0.3) is 0 Å². The van der Waals surface area contributed by atoms with Gasteiger partial charge in [0.1, 0.15) is 0 Å². The van der Waals surface area contributed by atoms with E-state index >= 15 is 0 Å². The number of nitrogens with zero attached hydrogens (tertiary/aromatic N) is 1. The van der Waals surface area contributed by atoms with Crippen LogP contribution < -0.4 is 0 Å². The quantitative estimate of drug-likeness (QED) is 0.495. The van der Waals surface area contributed by atoms with E-state index in [1.165, 1.54) is 4.90 Å². The lowest BCUT2D eigenvalue weighted by molar-refractivity contribution is 0.955. The Balaban J connectivity index is 2.95. The minimum atomic E-state index is -0.0166. The lowest BCUT2D eigenvalue weighted by Gasteiger charge is -2.01. The van der Waals surface area contributed by atoms with E-state index in [1.807, 2.05) is 25.3 Å². The van der Waals surface area contributed by atoms with Gasteiger partial charge in [0.05, 0.1) is 0 Å². The topological polar surface area (TPSA) is 4.36 Å². The maximum absolute atomic E-state index is 6.89. The molecule has 0 bridgehead atoms. The van der Waals surface area contributed by atoms with Crippen LogP contribution in [0.5, 0.6) is 0 Å². The van der Waals surface area contributed by atoms with E-state index in [4.69, 9.17) is 6.57 Å². The second-order valence-electron chi connectivity index (χ2n) is 2.58. The standard InChI is InChI=1S/C10H11NS/c1-8(11-2)9-5-4-6-10(7-9)12-3/h4-8H,1,3H3. The molecule has 1 unspecified atom stereocenters. The summed E-state index contributed by atoms with van der Waals surface area (Å²) in [6.07, 6.45) is 2.04. The summed E-state index contributed by atoms with van der Waals surface area (Å²) in [6, 6.07) is 8.13. The number of thioether (sulfide) groups is 1. The molecule has 0 radical (unpaired) electrons. The first-order valence-electron chi connectivity index (χ1n) is 3.78. The molecule has 0 spiro atoms. The maximum Gasteiger partial charge on any atom is 0.246 e. The fraction of sp³-hybridized carbons (Fsp3) is 0.300. The molecule has 0 saturated carbocycles. The van der Waals surface area contributed by atoms with Crippen molar-refractivity contribution < 1.29 is 0 Å². The van der Waals surface area contributed by atoms with Crippen LogP contribution in [0.15, 0.2) is 29.2 Å². The molecule has 0 aliphatic carbocycles. The van der Waals surface area contributed by atoms with E-state index < -0.39 is 0 Å². The molecule has 62 valence electrons. The molecule has 12 heavy (non-hydrogen) atoms. The number of hydrogen-bond donors (Lipinski definition) is 0. The molecular formula is C10H11NS. The Morgan fingerprint density at radius 2 is 2.25 bits per heavy atom. The molecule has 0 amide bonds.